The van der Waals surface area contributed by atoms with Gasteiger partial charge in [0.25, 0.3) is 5.91 Å². The van der Waals surface area contributed by atoms with Crippen molar-refractivity contribution in [3.05, 3.63) is 83.0 Å². The lowest BCUT2D eigenvalue weighted by atomic mass is 10.1. The van der Waals surface area contributed by atoms with E-state index in [1.165, 1.54) is 0 Å². The second kappa shape index (κ2) is 8.02. The maximum absolute atomic E-state index is 12.3. The van der Waals surface area contributed by atoms with Crippen molar-refractivity contribution in [2.24, 2.45) is 0 Å². The molecule has 0 aliphatic carbocycles. The van der Waals surface area contributed by atoms with Crippen molar-refractivity contribution >= 4 is 17.3 Å². The number of nitrogens with two attached hydrogens (primary N) is 1. The Morgan fingerprint density at radius 2 is 1.89 bits per heavy atom. The minimum Gasteiger partial charge on any atom is -0.472 e. The van der Waals surface area contributed by atoms with Crippen LogP contribution in [0.4, 0.5) is 11.4 Å². The molecule has 0 aliphatic rings. The van der Waals surface area contributed by atoms with Gasteiger partial charge in [0, 0.05) is 11.3 Å². The van der Waals surface area contributed by atoms with Crippen molar-refractivity contribution in [3.8, 4) is 11.9 Å². The van der Waals surface area contributed by atoms with E-state index >= 15 is 0 Å². The van der Waals surface area contributed by atoms with Gasteiger partial charge in [0.1, 0.15) is 18.2 Å². The summed E-state index contributed by atoms with van der Waals surface area (Å²) in [4.78, 5) is 16.6. The highest BCUT2D eigenvalue weighted by Gasteiger charge is 2.09. The van der Waals surface area contributed by atoms with Gasteiger partial charge in [-0.05, 0) is 48.9 Å². The molecule has 3 N–H and O–H groups in total. The number of benzene rings is 2. The number of nitrogens with zero attached hydrogens (tertiary/aromatic N) is 2. The molecule has 1 heterocycles. The van der Waals surface area contributed by atoms with Crippen LogP contribution in [0.1, 0.15) is 27.2 Å². The van der Waals surface area contributed by atoms with Crippen LogP contribution in [0.25, 0.3) is 0 Å². The lowest BCUT2D eigenvalue weighted by Gasteiger charge is -2.10. The number of hydrogen-bond acceptors (Lipinski definition) is 5. The molecule has 6 nitrogen and oxygen atoms in total. The van der Waals surface area contributed by atoms with Crippen LogP contribution >= 0.6 is 0 Å². The fraction of sp³-hybridized carbons (Fsp3) is 0.0952. The number of amides is 1. The number of rotatable bonds is 5. The molecule has 0 saturated carbocycles. The number of nitrogen functional groups attached to an aromatic ring is 1. The molecule has 134 valence electrons. The number of ether oxygens (including phenoxy) is 1. The zero-order valence-electron chi connectivity index (χ0n) is 14.8. The third-order valence-electron chi connectivity index (χ3n) is 3.92. The molecule has 6 heteroatoms. The van der Waals surface area contributed by atoms with Crippen LogP contribution < -0.4 is 15.8 Å². The van der Waals surface area contributed by atoms with Crippen LogP contribution in [-0.2, 0) is 6.61 Å². The van der Waals surface area contributed by atoms with Crippen molar-refractivity contribution in [1.29, 1.82) is 5.26 Å². The van der Waals surface area contributed by atoms with Crippen molar-refractivity contribution < 1.29 is 9.53 Å². The molecule has 0 aliphatic heterocycles. The number of hydrogen-bond donors (Lipinski definition) is 2. The largest absolute Gasteiger partial charge is 0.472 e. The number of para-hydroxylation sites is 2. The van der Waals surface area contributed by atoms with Gasteiger partial charge in [-0.15, -0.1) is 0 Å². The van der Waals surface area contributed by atoms with Gasteiger partial charge < -0.3 is 15.8 Å². The van der Waals surface area contributed by atoms with E-state index in [-0.39, 0.29) is 12.5 Å². The minimum atomic E-state index is -0.243. The third-order valence-corrected chi connectivity index (χ3v) is 3.92. The Morgan fingerprint density at radius 3 is 2.59 bits per heavy atom. The number of anilines is 2. The summed E-state index contributed by atoms with van der Waals surface area (Å²) >= 11 is 0. The SMILES string of the molecule is Cc1ccc(C#N)c(OCc2ccc(C(=O)Nc3ccccc3N)cc2)n1. The van der Waals surface area contributed by atoms with Crippen molar-refractivity contribution in [3.63, 3.8) is 0 Å². The van der Waals surface area contributed by atoms with Gasteiger partial charge in [-0.3, -0.25) is 4.79 Å². The zero-order chi connectivity index (χ0) is 19.2. The molecule has 0 radical (unpaired) electrons. The topological polar surface area (TPSA) is 101 Å². The molecule has 1 aromatic heterocycles. The van der Waals surface area contributed by atoms with E-state index in [4.69, 9.17) is 15.7 Å². The second-order valence-corrected chi connectivity index (χ2v) is 5.94. The number of carbonyl (C=O) groups excluding carboxylic acids is 1. The average molecular weight is 358 g/mol. The summed E-state index contributed by atoms with van der Waals surface area (Å²) in [6.45, 7) is 2.08. The van der Waals surface area contributed by atoms with Crippen LogP contribution in [0.15, 0.2) is 60.7 Å². The van der Waals surface area contributed by atoms with Gasteiger partial charge in [-0.1, -0.05) is 24.3 Å². The molecule has 3 aromatic rings. The highest BCUT2D eigenvalue weighted by atomic mass is 16.5. The Labute approximate surface area is 157 Å². The van der Waals surface area contributed by atoms with Crippen LogP contribution in [0, 0.1) is 18.3 Å². The molecular weight excluding hydrogens is 340 g/mol. The van der Waals surface area contributed by atoms with E-state index in [0.717, 1.165) is 11.3 Å². The number of aromatic nitrogens is 1. The molecule has 3 rings (SSSR count). The molecule has 0 atom stereocenters. The molecule has 2 aromatic carbocycles. The number of aryl methyl sites for hydroxylation is 1. The second-order valence-electron chi connectivity index (χ2n) is 5.94. The van der Waals surface area contributed by atoms with Crippen molar-refractivity contribution in [2.45, 2.75) is 13.5 Å². The van der Waals surface area contributed by atoms with E-state index in [0.29, 0.717) is 28.4 Å². The Morgan fingerprint density at radius 1 is 1.15 bits per heavy atom. The quantitative estimate of drug-likeness (QED) is 0.678. The first kappa shape index (κ1) is 18.0. The predicted octanol–water partition coefficient (Wildman–Crippen LogP) is 3.68. The van der Waals surface area contributed by atoms with Gasteiger partial charge >= 0.3 is 0 Å². The van der Waals surface area contributed by atoms with Crippen LogP contribution in [0.2, 0.25) is 0 Å². The fourth-order valence-electron chi connectivity index (χ4n) is 2.44. The van der Waals surface area contributed by atoms with Crippen LogP contribution in [0.5, 0.6) is 5.88 Å². The minimum absolute atomic E-state index is 0.243. The van der Waals surface area contributed by atoms with Crippen LogP contribution in [-0.4, -0.2) is 10.9 Å². The zero-order valence-corrected chi connectivity index (χ0v) is 14.8. The summed E-state index contributed by atoms with van der Waals surface area (Å²) in [7, 11) is 0. The number of carbonyl (C=O) groups is 1. The molecule has 27 heavy (non-hydrogen) atoms. The first-order valence-electron chi connectivity index (χ1n) is 8.32. The maximum atomic E-state index is 12.3. The molecule has 0 unspecified atom stereocenters. The monoisotopic (exact) mass is 358 g/mol. The Kier molecular flexibility index (Phi) is 5.33. The first-order valence-corrected chi connectivity index (χ1v) is 8.32. The summed E-state index contributed by atoms with van der Waals surface area (Å²) in [5.74, 6) is 0.0614. The number of pyridine rings is 1. The molecule has 0 saturated heterocycles. The van der Waals surface area contributed by atoms with E-state index < -0.39 is 0 Å². The lowest BCUT2D eigenvalue weighted by Crippen LogP contribution is -2.13. The average Bonchev–Trinajstić information content (AvgIpc) is 2.68. The standard InChI is InChI=1S/C21H18N4O2/c1-14-6-9-17(12-22)21(24-14)27-13-15-7-10-16(11-8-15)20(26)25-19-5-3-2-4-18(19)23/h2-11H,13,23H2,1H3,(H,25,26). The van der Waals surface area contributed by atoms with E-state index in [2.05, 4.69) is 16.4 Å². The summed E-state index contributed by atoms with van der Waals surface area (Å²) < 4.78 is 5.66. The lowest BCUT2D eigenvalue weighted by molar-refractivity contribution is 0.102. The maximum Gasteiger partial charge on any atom is 0.255 e. The summed E-state index contributed by atoms with van der Waals surface area (Å²) in [6.07, 6.45) is 0. The summed E-state index contributed by atoms with van der Waals surface area (Å²) in [5, 5.41) is 11.9. The molecule has 0 fully saturated rings. The van der Waals surface area contributed by atoms with E-state index in [1.807, 2.05) is 6.92 Å². The number of nitrogens with one attached hydrogen (secondary N) is 1. The molecule has 1 amide bonds. The smallest absolute Gasteiger partial charge is 0.255 e. The summed E-state index contributed by atoms with van der Waals surface area (Å²) in [5.41, 5.74) is 9.45. The van der Waals surface area contributed by atoms with E-state index in [1.54, 1.807) is 60.7 Å². The molecular formula is C21H18N4O2. The highest BCUT2D eigenvalue weighted by Crippen LogP contribution is 2.19. The Balaban J connectivity index is 1.65. The first-order chi connectivity index (χ1) is 13.1. The van der Waals surface area contributed by atoms with Crippen molar-refractivity contribution in [1.82, 2.24) is 4.98 Å². The molecule has 0 bridgehead atoms. The van der Waals surface area contributed by atoms with Crippen LogP contribution in [0.3, 0.4) is 0 Å². The normalized spacial score (nSPS) is 10.1. The van der Waals surface area contributed by atoms with Crippen molar-refractivity contribution in [2.75, 3.05) is 11.1 Å². The van der Waals surface area contributed by atoms with E-state index in [9.17, 15) is 4.79 Å². The van der Waals surface area contributed by atoms with Gasteiger partial charge in [0.15, 0.2) is 0 Å². The summed E-state index contributed by atoms with van der Waals surface area (Å²) in [6, 6.07) is 19.6. The Hall–Kier alpha value is -3.85. The third kappa shape index (κ3) is 4.41. The highest BCUT2D eigenvalue weighted by molar-refractivity contribution is 6.05. The molecule has 0 spiro atoms. The van der Waals surface area contributed by atoms with Gasteiger partial charge in [0.05, 0.1) is 11.4 Å². The van der Waals surface area contributed by atoms with Gasteiger partial charge in [-0.2, -0.15) is 5.26 Å². The Bertz CT molecular complexity index is 1010. The van der Waals surface area contributed by atoms with Gasteiger partial charge in [0.2, 0.25) is 5.88 Å². The number of nitriles is 1. The van der Waals surface area contributed by atoms with Gasteiger partial charge in [-0.25, -0.2) is 4.98 Å². The fourth-order valence-corrected chi connectivity index (χ4v) is 2.44. The predicted molar refractivity (Wildman–Crippen MR) is 103 cm³/mol.